The van der Waals surface area contributed by atoms with Crippen LogP contribution >= 0.6 is 23.5 Å². The van der Waals surface area contributed by atoms with Crippen LogP contribution in [0.2, 0.25) is 0 Å². The Hall–Kier alpha value is -5.34. The molecule has 6 rings (SSSR count). The molecular formula is C39H42N10O2S2. The Kier molecular flexibility index (Phi) is 12.0. The minimum atomic E-state index is -0.127. The minimum Gasteiger partial charge on any atom is -0.325 e. The SMILES string of the molecule is Cc1cc(Cc2cc(C)c(NC(=O)CSc3nnnn3-c3ccccc3)c(C(C)C)c2)cc(C(C)C)c1NC(=O)CSc1nnnn1-c1ccccc1. The summed E-state index contributed by atoms with van der Waals surface area (Å²) in [7, 11) is 0. The molecule has 53 heavy (non-hydrogen) atoms. The van der Waals surface area contributed by atoms with Crippen LogP contribution in [-0.4, -0.2) is 63.7 Å². The lowest BCUT2D eigenvalue weighted by Crippen LogP contribution is -2.18. The van der Waals surface area contributed by atoms with E-state index in [1.807, 2.05) is 74.5 Å². The highest BCUT2D eigenvalue weighted by Crippen LogP contribution is 2.34. The number of benzene rings is 4. The van der Waals surface area contributed by atoms with E-state index in [0.717, 1.165) is 56.1 Å². The van der Waals surface area contributed by atoms with Gasteiger partial charge in [0.25, 0.3) is 0 Å². The Morgan fingerprint density at radius 2 is 1.02 bits per heavy atom. The van der Waals surface area contributed by atoms with Crippen molar-refractivity contribution in [2.75, 3.05) is 22.1 Å². The van der Waals surface area contributed by atoms with Gasteiger partial charge in [-0.1, -0.05) is 112 Å². The van der Waals surface area contributed by atoms with Gasteiger partial charge in [0.05, 0.1) is 22.9 Å². The molecule has 0 spiro atoms. The Labute approximate surface area is 317 Å². The van der Waals surface area contributed by atoms with Crippen LogP contribution < -0.4 is 10.6 Å². The van der Waals surface area contributed by atoms with Crippen molar-refractivity contribution in [2.24, 2.45) is 0 Å². The monoisotopic (exact) mass is 746 g/mol. The van der Waals surface area contributed by atoms with Crippen LogP contribution in [0.4, 0.5) is 11.4 Å². The topological polar surface area (TPSA) is 145 Å². The first-order chi connectivity index (χ1) is 25.6. The van der Waals surface area contributed by atoms with E-state index in [2.05, 4.69) is 93.6 Å². The first-order valence-corrected chi connectivity index (χ1v) is 19.3. The molecule has 6 aromatic rings. The van der Waals surface area contributed by atoms with Gasteiger partial charge in [-0.05, 0) is 111 Å². The summed E-state index contributed by atoms with van der Waals surface area (Å²) in [5, 5.41) is 31.4. The number of hydrogen-bond donors (Lipinski definition) is 2. The highest BCUT2D eigenvalue weighted by atomic mass is 32.2. The van der Waals surface area contributed by atoms with E-state index in [1.54, 1.807) is 9.36 Å². The summed E-state index contributed by atoms with van der Waals surface area (Å²) in [6.07, 6.45) is 0.708. The van der Waals surface area contributed by atoms with Crippen molar-refractivity contribution >= 4 is 46.7 Å². The van der Waals surface area contributed by atoms with Crippen molar-refractivity contribution in [1.82, 2.24) is 40.4 Å². The maximum absolute atomic E-state index is 13.2. The van der Waals surface area contributed by atoms with Crippen molar-refractivity contribution in [3.05, 3.63) is 118 Å². The molecule has 2 heterocycles. The van der Waals surface area contributed by atoms with Crippen molar-refractivity contribution in [1.29, 1.82) is 0 Å². The maximum Gasteiger partial charge on any atom is 0.234 e. The molecule has 2 aromatic heterocycles. The number of nitrogens with zero attached hydrogens (tertiary/aromatic N) is 8. The molecule has 0 saturated carbocycles. The Morgan fingerprint density at radius 1 is 0.623 bits per heavy atom. The molecular weight excluding hydrogens is 705 g/mol. The lowest BCUT2D eigenvalue weighted by Gasteiger charge is -2.21. The standard InChI is InChI=1S/C39H42N10O2S2/c1-24(2)32-20-28(17-26(5)36(32)40-34(50)22-52-38-42-44-46-48(38)30-13-9-7-10-14-30)19-29-18-27(6)37(33(21-29)25(3)4)41-35(51)23-53-39-43-45-47-49(39)31-15-11-8-12-16-31/h7-18,20-21,24-25H,19,22-23H2,1-6H3,(H,40,50)(H,41,51). The summed E-state index contributed by atoms with van der Waals surface area (Å²) in [6.45, 7) is 12.6. The number of rotatable bonds is 14. The Morgan fingerprint density at radius 3 is 1.40 bits per heavy atom. The Balaban J connectivity index is 1.13. The molecule has 2 N–H and O–H groups in total. The van der Waals surface area contributed by atoms with Gasteiger partial charge in [-0.2, -0.15) is 9.36 Å². The number of anilines is 2. The minimum absolute atomic E-state index is 0.127. The molecule has 0 bridgehead atoms. The van der Waals surface area contributed by atoms with Crippen LogP contribution in [0.25, 0.3) is 11.4 Å². The zero-order valence-electron chi connectivity index (χ0n) is 30.6. The highest BCUT2D eigenvalue weighted by Gasteiger charge is 2.19. The number of amides is 2. The van der Waals surface area contributed by atoms with Crippen LogP contribution in [0.15, 0.2) is 95.2 Å². The number of hydrogen-bond acceptors (Lipinski definition) is 10. The number of para-hydroxylation sites is 2. The molecule has 0 aliphatic rings. The molecule has 4 aromatic carbocycles. The lowest BCUT2D eigenvalue weighted by molar-refractivity contribution is -0.114. The van der Waals surface area contributed by atoms with Gasteiger partial charge in [-0.25, -0.2) is 0 Å². The number of carbonyl (C=O) groups is 2. The van der Waals surface area contributed by atoms with Crippen molar-refractivity contribution < 1.29 is 9.59 Å². The smallest absolute Gasteiger partial charge is 0.234 e. The zero-order chi connectivity index (χ0) is 37.5. The zero-order valence-corrected chi connectivity index (χ0v) is 32.2. The van der Waals surface area contributed by atoms with Gasteiger partial charge in [0, 0.05) is 11.4 Å². The van der Waals surface area contributed by atoms with E-state index in [-0.39, 0.29) is 35.2 Å². The molecule has 272 valence electrons. The average Bonchev–Trinajstić information content (AvgIpc) is 3.82. The van der Waals surface area contributed by atoms with Crippen LogP contribution in [-0.2, 0) is 16.0 Å². The third kappa shape index (κ3) is 9.18. The summed E-state index contributed by atoms with van der Waals surface area (Å²) in [6, 6.07) is 27.9. The second-order valence-electron chi connectivity index (χ2n) is 13.3. The summed E-state index contributed by atoms with van der Waals surface area (Å²) in [5.74, 6) is 0.441. The normalized spacial score (nSPS) is 11.3. The predicted molar refractivity (Wildman–Crippen MR) is 210 cm³/mol. The number of aromatic nitrogens is 8. The second-order valence-corrected chi connectivity index (χ2v) is 15.2. The van der Waals surface area contributed by atoms with Crippen molar-refractivity contribution in [3.8, 4) is 11.4 Å². The molecule has 0 unspecified atom stereocenters. The molecule has 0 aliphatic heterocycles. The molecule has 0 radical (unpaired) electrons. The molecule has 0 fully saturated rings. The molecule has 0 aliphatic carbocycles. The molecule has 2 amide bonds. The van der Waals surface area contributed by atoms with Gasteiger partial charge in [-0.3, -0.25) is 9.59 Å². The van der Waals surface area contributed by atoms with Crippen LogP contribution in [0.3, 0.4) is 0 Å². The van der Waals surface area contributed by atoms with E-state index in [4.69, 9.17) is 0 Å². The fourth-order valence-corrected chi connectivity index (χ4v) is 7.47. The molecule has 14 heteroatoms. The average molecular weight is 747 g/mol. The number of nitrogens with one attached hydrogen (secondary N) is 2. The fourth-order valence-electron chi connectivity index (χ4n) is 6.09. The second kappa shape index (κ2) is 17.0. The molecule has 0 saturated heterocycles. The van der Waals surface area contributed by atoms with E-state index in [1.165, 1.54) is 23.5 Å². The summed E-state index contributed by atoms with van der Waals surface area (Å²) in [4.78, 5) is 26.5. The van der Waals surface area contributed by atoms with E-state index in [9.17, 15) is 9.59 Å². The fraction of sp³-hybridized carbons (Fsp3) is 0.282. The van der Waals surface area contributed by atoms with Crippen molar-refractivity contribution in [2.45, 2.75) is 70.1 Å². The first kappa shape index (κ1) is 37.4. The van der Waals surface area contributed by atoms with Crippen LogP contribution in [0.5, 0.6) is 0 Å². The van der Waals surface area contributed by atoms with Gasteiger partial charge in [0.2, 0.25) is 22.1 Å². The summed E-state index contributed by atoms with van der Waals surface area (Å²) < 4.78 is 3.26. The summed E-state index contributed by atoms with van der Waals surface area (Å²) >= 11 is 2.58. The number of thioether (sulfide) groups is 2. The lowest BCUT2D eigenvalue weighted by atomic mass is 9.90. The van der Waals surface area contributed by atoms with Crippen molar-refractivity contribution in [3.63, 3.8) is 0 Å². The van der Waals surface area contributed by atoms with E-state index >= 15 is 0 Å². The van der Waals surface area contributed by atoms with E-state index in [0.29, 0.717) is 16.7 Å². The number of aryl methyl sites for hydroxylation is 2. The summed E-state index contributed by atoms with van der Waals surface area (Å²) in [5.41, 5.74) is 9.79. The van der Waals surface area contributed by atoms with Crippen LogP contribution in [0, 0.1) is 13.8 Å². The van der Waals surface area contributed by atoms with Gasteiger partial charge in [0.1, 0.15) is 0 Å². The third-order valence-corrected chi connectivity index (χ3v) is 10.4. The van der Waals surface area contributed by atoms with Gasteiger partial charge in [-0.15, -0.1) is 10.2 Å². The van der Waals surface area contributed by atoms with E-state index < -0.39 is 0 Å². The van der Waals surface area contributed by atoms with Crippen LogP contribution in [0.1, 0.15) is 72.9 Å². The number of carbonyl (C=O) groups excluding carboxylic acids is 2. The Bertz CT molecular complexity index is 2050. The van der Waals surface area contributed by atoms with Gasteiger partial charge < -0.3 is 10.6 Å². The van der Waals surface area contributed by atoms with Gasteiger partial charge >= 0.3 is 0 Å². The highest BCUT2D eigenvalue weighted by molar-refractivity contribution is 8.00. The third-order valence-electron chi connectivity index (χ3n) is 8.58. The first-order valence-electron chi connectivity index (χ1n) is 17.4. The largest absolute Gasteiger partial charge is 0.325 e. The molecule has 0 atom stereocenters. The maximum atomic E-state index is 13.2. The quantitative estimate of drug-likeness (QED) is 0.107. The predicted octanol–water partition coefficient (Wildman–Crippen LogP) is 7.55. The molecule has 12 nitrogen and oxygen atoms in total. The number of tetrazole rings is 2. The van der Waals surface area contributed by atoms with Gasteiger partial charge in [0.15, 0.2) is 0 Å².